The van der Waals surface area contributed by atoms with Gasteiger partial charge in [-0.1, -0.05) is 6.92 Å². The lowest BCUT2D eigenvalue weighted by molar-refractivity contribution is -0.141. The first-order valence-corrected chi connectivity index (χ1v) is 9.52. The number of aromatic nitrogens is 1. The Hall–Kier alpha value is -2.15. The number of anilines is 1. The number of hydrogen-bond donors (Lipinski definition) is 2. The first-order valence-electron chi connectivity index (χ1n) is 8.70. The largest absolute Gasteiger partial charge is 0.480 e. The molecule has 1 unspecified atom stereocenters. The predicted octanol–water partition coefficient (Wildman–Crippen LogP) is 2.69. The number of hydrogen-bond acceptors (Lipinski definition) is 5. The number of thiophene rings is 1. The van der Waals surface area contributed by atoms with Gasteiger partial charge in [0.25, 0.3) is 5.91 Å². The van der Waals surface area contributed by atoms with Crippen LogP contribution in [0.1, 0.15) is 47.1 Å². The van der Waals surface area contributed by atoms with Crippen LogP contribution in [0.2, 0.25) is 0 Å². The molecule has 6 nitrogen and oxygen atoms in total. The zero-order chi connectivity index (χ0) is 17.7. The molecule has 4 rings (SSSR count). The Morgan fingerprint density at radius 3 is 2.96 bits per heavy atom. The number of carbonyl (C=O) groups is 2. The lowest BCUT2D eigenvalue weighted by atomic mass is 9.87. The predicted molar refractivity (Wildman–Crippen MR) is 96.9 cm³/mol. The van der Waals surface area contributed by atoms with Crippen molar-refractivity contribution in [2.75, 3.05) is 12.3 Å². The maximum atomic E-state index is 12.9. The van der Waals surface area contributed by atoms with Crippen molar-refractivity contribution >= 4 is 39.1 Å². The number of nitrogens with two attached hydrogens (primary N) is 1. The molecule has 0 aromatic carbocycles. The summed E-state index contributed by atoms with van der Waals surface area (Å²) in [5.41, 5.74) is 9.04. The summed E-state index contributed by atoms with van der Waals surface area (Å²) in [5, 5.41) is 10.1. The van der Waals surface area contributed by atoms with Crippen molar-refractivity contribution in [1.82, 2.24) is 9.88 Å². The number of pyridine rings is 1. The number of aliphatic carboxylic acids is 1. The van der Waals surface area contributed by atoms with Crippen LogP contribution in [0.25, 0.3) is 10.2 Å². The number of fused-ring (bicyclic) bond motifs is 2. The van der Waals surface area contributed by atoms with Gasteiger partial charge >= 0.3 is 5.97 Å². The highest BCUT2D eigenvalue weighted by Crippen LogP contribution is 2.37. The minimum atomic E-state index is -0.951. The molecule has 0 spiro atoms. The van der Waals surface area contributed by atoms with Crippen molar-refractivity contribution in [1.29, 1.82) is 0 Å². The number of amides is 1. The Labute approximate surface area is 149 Å². The molecule has 0 saturated carbocycles. The maximum absolute atomic E-state index is 12.9. The summed E-state index contributed by atoms with van der Waals surface area (Å²) in [6.07, 6.45) is 4.28. The smallest absolute Gasteiger partial charge is 0.326 e. The second-order valence-electron chi connectivity index (χ2n) is 7.13. The average molecular weight is 359 g/mol. The van der Waals surface area contributed by atoms with Gasteiger partial charge in [0.05, 0.1) is 5.69 Å². The second-order valence-corrected chi connectivity index (χ2v) is 8.13. The SMILES string of the molecule is CC1CCc2nc3sc(C(=O)N4CCC[C@H]4C(=O)O)c(N)c3cc2C1. The van der Waals surface area contributed by atoms with Crippen LogP contribution < -0.4 is 5.73 Å². The van der Waals surface area contributed by atoms with E-state index >= 15 is 0 Å². The van der Waals surface area contributed by atoms with E-state index in [0.29, 0.717) is 35.9 Å². The van der Waals surface area contributed by atoms with E-state index < -0.39 is 12.0 Å². The van der Waals surface area contributed by atoms with Crippen molar-refractivity contribution in [2.45, 2.75) is 45.1 Å². The minimum absolute atomic E-state index is 0.281. The summed E-state index contributed by atoms with van der Waals surface area (Å²) in [6.45, 7) is 2.70. The van der Waals surface area contributed by atoms with Gasteiger partial charge in [0.15, 0.2) is 0 Å². The van der Waals surface area contributed by atoms with Gasteiger partial charge in [0, 0.05) is 17.6 Å². The topological polar surface area (TPSA) is 96.5 Å². The first kappa shape index (κ1) is 16.3. The summed E-state index contributed by atoms with van der Waals surface area (Å²) in [4.78, 5) is 31.6. The van der Waals surface area contributed by atoms with Crippen LogP contribution in [-0.2, 0) is 17.6 Å². The van der Waals surface area contributed by atoms with Crippen molar-refractivity contribution in [3.8, 4) is 0 Å². The molecule has 1 saturated heterocycles. The molecule has 3 heterocycles. The average Bonchev–Trinajstić information content (AvgIpc) is 3.18. The van der Waals surface area contributed by atoms with Gasteiger partial charge in [0.2, 0.25) is 0 Å². The van der Waals surface area contributed by atoms with E-state index in [9.17, 15) is 14.7 Å². The molecule has 1 fully saturated rings. The van der Waals surface area contributed by atoms with Crippen molar-refractivity contribution in [3.63, 3.8) is 0 Å². The third-order valence-electron chi connectivity index (χ3n) is 5.32. The molecular formula is C18H21N3O3S. The Morgan fingerprint density at radius 1 is 1.40 bits per heavy atom. The first-order chi connectivity index (χ1) is 12.0. The fourth-order valence-corrected chi connectivity index (χ4v) is 4.98. The Kier molecular flexibility index (Phi) is 3.91. The summed E-state index contributed by atoms with van der Waals surface area (Å²) in [7, 11) is 0. The molecule has 2 aromatic heterocycles. The van der Waals surface area contributed by atoms with Gasteiger partial charge in [0.1, 0.15) is 15.7 Å². The van der Waals surface area contributed by atoms with E-state index in [1.54, 1.807) is 0 Å². The van der Waals surface area contributed by atoms with Crippen molar-refractivity contribution in [3.05, 3.63) is 22.2 Å². The number of carboxylic acid groups (broad SMARTS) is 1. The Morgan fingerprint density at radius 2 is 2.20 bits per heavy atom. The fraction of sp³-hybridized carbons (Fsp3) is 0.500. The number of carboxylic acids is 1. The molecule has 1 amide bonds. The van der Waals surface area contributed by atoms with Gasteiger partial charge in [-0.3, -0.25) is 4.79 Å². The Balaban J connectivity index is 1.74. The molecule has 2 aliphatic rings. The van der Waals surface area contributed by atoms with Gasteiger partial charge in [-0.05, 0) is 49.7 Å². The molecule has 1 aliphatic carbocycles. The zero-order valence-corrected chi connectivity index (χ0v) is 14.9. The number of likely N-dealkylation sites (tertiary alicyclic amines) is 1. The van der Waals surface area contributed by atoms with Crippen LogP contribution in [0.4, 0.5) is 5.69 Å². The molecule has 2 atom stereocenters. The third kappa shape index (κ3) is 2.66. The standard InChI is InChI=1S/C18H21N3O3S/c1-9-4-5-12-10(7-9)8-11-14(19)15(25-16(11)20-12)17(22)21-6-2-3-13(21)18(23)24/h8-9,13H,2-7,19H2,1H3,(H,23,24)/t9?,13-/m0/s1. The van der Waals surface area contributed by atoms with Crippen LogP contribution in [0.15, 0.2) is 6.07 Å². The summed E-state index contributed by atoms with van der Waals surface area (Å²) in [5.74, 6) is -0.599. The lowest BCUT2D eigenvalue weighted by Gasteiger charge is -2.20. The lowest BCUT2D eigenvalue weighted by Crippen LogP contribution is -2.40. The van der Waals surface area contributed by atoms with Crippen LogP contribution in [-0.4, -0.2) is 39.5 Å². The van der Waals surface area contributed by atoms with E-state index in [2.05, 4.69) is 13.0 Å². The molecule has 3 N–H and O–H groups in total. The molecule has 7 heteroatoms. The second kappa shape index (κ2) is 5.98. The minimum Gasteiger partial charge on any atom is -0.480 e. The highest BCUT2D eigenvalue weighted by Gasteiger charge is 2.36. The van der Waals surface area contributed by atoms with Gasteiger partial charge in [-0.2, -0.15) is 0 Å². The number of rotatable bonds is 2. The molecule has 25 heavy (non-hydrogen) atoms. The van der Waals surface area contributed by atoms with Crippen LogP contribution in [0.5, 0.6) is 0 Å². The summed E-state index contributed by atoms with van der Waals surface area (Å²) >= 11 is 1.29. The van der Waals surface area contributed by atoms with Crippen molar-refractivity contribution < 1.29 is 14.7 Å². The van der Waals surface area contributed by atoms with Gasteiger partial charge in [-0.25, -0.2) is 9.78 Å². The van der Waals surface area contributed by atoms with Gasteiger partial charge in [-0.15, -0.1) is 11.3 Å². The summed E-state index contributed by atoms with van der Waals surface area (Å²) < 4.78 is 0. The monoisotopic (exact) mass is 359 g/mol. The Bertz CT molecular complexity index is 876. The number of nitrogen functional groups attached to an aromatic ring is 1. The molecule has 2 aromatic rings. The molecule has 0 radical (unpaired) electrons. The van der Waals surface area contributed by atoms with Crippen molar-refractivity contribution in [2.24, 2.45) is 5.92 Å². The molecule has 0 bridgehead atoms. The molecule has 132 valence electrons. The highest BCUT2D eigenvalue weighted by molar-refractivity contribution is 7.21. The zero-order valence-electron chi connectivity index (χ0n) is 14.1. The van der Waals surface area contributed by atoms with E-state index in [1.807, 2.05) is 0 Å². The van der Waals surface area contributed by atoms with E-state index in [0.717, 1.165) is 35.2 Å². The fourth-order valence-electron chi connectivity index (χ4n) is 3.93. The quantitative estimate of drug-likeness (QED) is 0.859. The maximum Gasteiger partial charge on any atom is 0.326 e. The third-order valence-corrected chi connectivity index (χ3v) is 6.43. The normalized spacial score (nSPS) is 23.0. The number of nitrogens with zero attached hydrogens (tertiary/aromatic N) is 2. The van der Waals surface area contributed by atoms with Crippen LogP contribution in [0, 0.1) is 5.92 Å². The molecule has 1 aliphatic heterocycles. The van der Waals surface area contributed by atoms with Crippen LogP contribution >= 0.6 is 11.3 Å². The number of aryl methyl sites for hydroxylation is 1. The van der Waals surface area contributed by atoms with E-state index in [1.165, 1.54) is 21.8 Å². The van der Waals surface area contributed by atoms with Gasteiger partial charge < -0.3 is 15.7 Å². The number of carbonyl (C=O) groups excluding carboxylic acids is 1. The van der Waals surface area contributed by atoms with E-state index in [-0.39, 0.29) is 5.91 Å². The molecular weight excluding hydrogens is 338 g/mol. The van der Waals surface area contributed by atoms with Crippen LogP contribution in [0.3, 0.4) is 0 Å². The van der Waals surface area contributed by atoms with E-state index in [4.69, 9.17) is 10.7 Å². The summed E-state index contributed by atoms with van der Waals surface area (Å²) in [6, 6.07) is 1.33. The highest BCUT2D eigenvalue weighted by atomic mass is 32.1.